The van der Waals surface area contributed by atoms with Crippen LogP contribution in [-0.4, -0.2) is 16.8 Å². The van der Waals surface area contributed by atoms with Crippen molar-refractivity contribution < 1.29 is 5.11 Å². The highest BCUT2D eigenvalue weighted by molar-refractivity contribution is 7.13. The van der Waals surface area contributed by atoms with Gasteiger partial charge in [0.05, 0.1) is 5.69 Å². The highest BCUT2D eigenvalue weighted by Crippen LogP contribution is 2.30. The van der Waals surface area contributed by atoms with Gasteiger partial charge in [0.2, 0.25) is 5.00 Å². The van der Waals surface area contributed by atoms with Gasteiger partial charge in [-0.15, -0.1) is 4.91 Å². The Hall–Kier alpha value is -2.15. The molecular formula is C10H9N3O3S. The standard InChI is InChI=1S/C10H9N3O3S/c1-12(7-5-3-2-4-6-7)13-9(14)8(11-16)17-10(13)15/h2-6,14H,1H3. The Morgan fingerprint density at radius 1 is 1.35 bits per heavy atom. The quantitative estimate of drug-likeness (QED) is 0.845. The molecule has 0 spiro atoms. The summed E-state index contributed by atoms with van der Waals surface area (Å²) < 4.78 is 0.997. The summed E-state index contributed by atoms with van der Waals surface area (Å²) in [6, 6.07) is 9.00. The van der Waals surface area contributed by atoms with Gasteiger partial charge in [0.15, 0.2) is 0 Å². The minimum Gasteiger partial charge on any atom is -0.491 e. The van der Waals surface area contributed by atoms with Crippen LogP contribution in [0.15, 0.2) is 40.3 Å². The van der Waals surface area contributed by atoms with Crippen molar-refractivity contribution in [3.8, 4) is 5.88 Å². The zero-order valence-electron chi connectivity index (χ0n) is 8.90. The minimum atomic E-state index is -0.469. The number of hydrogen-bond donors (Lipinski definition) is 1. The molecule has 1 heterocycles. The molecule has 17 heavy (non-hydrogen) atoms. The molecule has 1 aromatic heterocycles. The lowest BCUT2D eigenvalue weighted by Crippen LogP contribution is -2.31. The fourth-order valence-corrected chi connectivity index (χ4v) is 2.11. The third kappa shape index (κ3) is 1.92. The molecule has 0 saturated heterocycles. The Bertz CT molecular complexity index is 591. The molecular weight excluding hydrogens is 242 g/mol. The van der Waals surface area contributed by atoms with Crippen molar-refractivity contribution in [2.24, 2.45) is 5.18 Å². The first-order valence-corrected chi connectivity index (χ1v) is 5.54. The Morgan fingerprint density at radius 2 is 2.00 bits per heavy atom. The second-order valence-electron chi connectivity index (χ2n) is 3.26. The lowest BCUT2D eigenvalue weighted by atomic mass is 10.3. The minimum absolute atomic E-state index is 0.224. The van der Waals surface area contributed by atoms with Crippen LogP contribution < -0.4 is 9.88 Å². The third-order valence-electron chi connectivity index (χ3n) is 2.26. The summed E-state index contributed by atoms with van der Waals surface area (Å²) in [7, 11) is 1.61. The molecule has 2 rings (SSSR count). The van der Waals surface area contributed by atoms with Crippen molar-refractivity contribution in [1.29, 1.82) is 0 Å². The summed E-state index contributed by atoms with van der Waals surface area (Å²) in [4.78, 5) is 21.5. The Kier molecular flexibility index (Phi) is 2.92. The first-order chi connectivity index (χ1) is 8.15. The van der Waals surface area contributed by atoms with Gasteiger partial charge < -0.3 is 5.11 Å². The lowest BCUT2D eigenvalue weighted by molar-refractivity contribution is 0.422. The van der Waals surface area contributed by atoms with Gasteiger partial charge >= 0.3 is 4.87 Å². The van der Waals surface area contributed by atoms with Crippen LogP contribution in [0.5, 0.6) is 5.88 Å². The van der Waals surface area contributed by atoms with Gasteiger partial charge in [-0.2, -0.15) is 4.68 Å². The number of hydrogen-bond acceptors (Lipinski definition) is 6. The van der Waals surface area contributed by atoms with Crippen LogP contribution in [0.3, 0.4) is 0 Å². The van der Waals surface area contributed by atoms with E-state index in [1.54, 1.807) is 31.3 Å². The van der Waals surface area contributed by atoms with E-state index in [1.165, 1.54) is 5.01 Å². The first kappa shape index (κ1) is 11.3. The summed E-state index contributed by atoms with van der Waals surface area (Å²) in [5.41, 5.74) is 0.708. The molecule has 0 fully saturated rings. The van der Waals surface area contributed by atoms with E-state index in [-0.39, 0.29) is 5.00 Å². The van der Waals surface area contributed by atoms with Gasteiger partial charge in [0, 0.05) is 7.05 Å². The van der Waals surface area contributed by atoms with Gasteiger partial charge in [-0.25, -0.2) is 0 Å². The van der Waals surface area contributed by atoms with Crippen molar-refractivity contribution in [3.05, 3.63) is 44.9 Å². The molecule has 7 heteroatoms. The number of rotatable bonds is 3. The van der Waals surface area contributed by atoms with Gasteiger partial charge in [0.1, 0.15) is 0 Å². The van der Waals surface area contributed by atoms with E-state index in [9.17, 15) is 14.8 Å². The zero-order chi connectivity index (χ0) is 12.4. The number of aromatic hydroxyl groups is 1. The molecule has 88 valence electrons. The number of benzene rings is 1. The number of aromatic nitrogens is 1. The first-order valence-electron chi connectivity index (χ1n) is 4.72. The molecule has 0 aliphatic rings. The molecule has 0 saturated carbocycles. The summed E-state index contributed by atoms with van der Waals surface area (Å²) in [5.74, 6) is -0.443. The SMILES string of the molecule is CN(c1ccccc1)n1c(O)c(N=O)sc1=O. The molecule has 0 aliphatic heterocycles. The summed E-state index contributed by atoms with van der Waals surface area (Å²) in [6.07, 6.45) is 0. The van der Waals surface area contributed by atoms with Gasteiger partial charge in [-0.05, 0) is 28.6 Å². The van der Waals surface area contributed by atoms with E-state index in [2.05, 4.69) is 5.18 Å². The fourth-order valence-electron chi connectivity index (χ4n) is 1.43. The Labute approximate surface area is 100 Å². The second-order valence-corrected chi connectivity index (χ2v) is 4.20. The lowest BCUT2D eigenvalue weighted by Gasteiger charge is -2.19. The van der Waals surface area contributed by atoms with E-state index < -0.39 is 10.8 Å². The maximum atomic E-state index is 11.6. The summed E-state index contributed by atoms with van der Waals surface area (Å²) in [6.45, 7) is 0. The van der Waals surface area contributed by atoms with Crippen molar-refractivity contribution in [3.63, 3.8) is 0 Å². The van der Waals surface area contributed by atoms with Crippen LogP contribution in [0.2, 0.25) is 0 Å². The second kappa shape index (κ2) is 4.38. The maximum absolute atomic E-state index is 11.6. The predicted octanol–water partition coefficient (Wildman–Crippen LogP) is 1.91. The molecule has 1 aromatic carbocycles. The van der Waals surface area contributed by atoms with Crippen LogP contribution in [0.1, 0.15) is 0 Å². The van der Waals surface area contributed by atoms with Crippen LogP contribution >= 0.6 is 11.3 Å². The van der Waals surface area contributed by atoms with Crippen LogP contribution in [0.25, 0.3) is 0 Å². The average Bonchev–Trinajstić information content (AvgIpc) is 2.64. The van der Waals surface area contributed by atoms with E-state index in [1.807, 2.05) is 6.07 Å². The van der Waals surface area contributed by atoms with Crippen molar-refractivity contribution in [2.75, 3.05) is 12.1 Å². The zero-order valence-corrected chi connectivity index (χ0v) is 9.72. The number of thiazole rings is 1. The van der Waals surface area contributed by atoms with Gasteiger partial charge in [-0.3, -0.25) is 9.80 Å². The highest BCUT2D eigenvalue weighted by atomic mass is 32.1. The summed E-state index contributed by atoms with van der Waals surface area (Å²) in [5, 5.41) is 13.5. The van der Waals surface area contributed by atoms with Crippen LogP contribution in [0.4, 0.5) is 10.7 Å². The molecule has 0 amide bonds. The predicted molar refractivity (Wildman–Crippen MR) is 65.9 cm³/mol. The van der Waals surface area contributed by atoms with Gasteiger partial charge in [-0.1, -0.05) is 18.2 Å². The largest absolute Gasteiger partial charge is 0.491 e. The van der Waals surface area contributed by atoms with E-state index in [4.69, 9.17) is 0 Å². The van der Waals surface area contributed by atoms with Crippen molar-refractivity contribution >= 4 is 22.0 Å². The van der Waals surface area contributed by atoms with E-state index in [0.29, 0.717) is 17.0 Å². The number of para-hydroxylation sites is 1. The molecule has 2 aromatic rings. The molecule has 0 aliphatic carbocycles. The Morgan fingerprint density at radius 3 is 2.53 bits per heavy atom. The molecule has 1 N–H and O–H groups in total. The highest BCUT2D eigenvalue weighted by Gasteiger charge is 2.18. The van der Waals surface area contributed by atoms with Crippen LogP contribution in [-0.2, 0) is 0 Å². The fraction of sp³-hybridized carbons (Fsp3) is 0.100. The normalized spacial score (nSPS) is 10.2. The molecule has 0 bridgehead atoms. The van der Waals surface area contributed by atoms with E-state index in [0.717, 1.165) is 4.68 Å². The third-order valence-corrected chi connectivity index (χ3v) is 3.06. The van der Waals surface area contributed by atoms with Crippen LogP contribution in [0, 0.1) is 4.91 Å². The monoisotopic (exact) mass is 251 g/mol. The molecule has 0 unspecified atom stereocenters. The molecule has 0 atom stereocenters. The topological polar surface area (TPSA) is 74.9 Å². The number of nitroso groups, excluding NO2 is 1. The Balaban J connectivity index is 2.51. The van der Waals surface area contributed by atoms with Gasteiger partial charge in [0.25, 0.3) is 5.88 Å². The number of nitrogens with zero attached hydrogens (tertiary/aromatic N) is 3. The summed E-state index contributed by atoms with van der Waals surface area (Å²) >= 11 is 0.601. The number of anilines is 1. The van der Waals surface area contributed by atoms with Crippen molar-refractivity contribution in [2.45, 2.75) is 0 Å². The smallest absolute Gasteiger partial charge is 0.331 e. The average molecular weight is 251 g/mol. The molecule has 0 radical (unpaired) electrons. The van der Waals surface area contributed by atoms with Crippen molar-refractivity contribution in [1.82, 2.24) is 4.68 Å². The maximum Gasteiger partial charge on any atom is 0.331 e. The molecule has 6 nitrogen and oxygen atoms in total. The van der Waals surface area contributed by atoms with E-state index >= 15 is 0 Å².